The summed E-state index contributed by atoms with van der Waals surface area (Å²) in [6, 6.07) is -0.621. The molecule has 1 saturated carbocycles. The lowest BCUT2D eigenvalue weighted by atomic mass is 9.84. The number of carboxylic acid groups (broad SMARTS) is 1. The molecule has 1 aliphatic carbocycles. The summed E-state index contributed by atoms with van der Waals surface area (Å²) in [5.41, 5.74) is 0. The smallest absolute Gasteiger partial charge is 0.326 e. The van der Waals surface area contributed by atoms with Crippen LogP contribution in [0.25, 0.3) is 0 Å². The van der Waals surface area contributed by atoms with Gasteiger partial charge < -0.3 is 10.0 Å². The van der Waals surface area contributed by atoms with Crippen molar-refractivity contribution in [3.63, 3.8) is 0 Å². The van der Waals surface area contributed by atoms with Crippen molar-refractivity contribution in [2.24, 2.45) is 5.92 Å². The zero-order valence-electron chi connectivity index (χ0n) is 12.4. The zero-order valence-corrected chi connectivity index (χ0v) is 12.4. The van der Waals surface area contributed by atoms with Gasteiger partial charge in [0.1, 0.15) is 6.04 Å². The summed E-state index contributed by atoms with van der Waals surface area (Å²) in [6.07, 6.45) is 6.54. The van der Waals surface area contributed by atoms with Crippen LogP contribution in [0.2, 0.25) is 0 Å². The Hall–Kier alpha value is -1.10. The minimum Gasteiger partial charge on any atom is -0.480 e. The molecule has 5 nitrogen and oxygen atoms in total. The second-order valence-corrected chi connectivity index (χ2v) is 6.05. The monoisotopic (exact) mass is 282 g/mol. The molecule has 5 heteroatoms. The molecule has 0 bridgehead atoms. The Morgan fingerprint density at radius 2 is 2.00 bits per heavy atom. The summed E-state index contributed by atoms with van der Waals surface area (Å²) >= 11 is 0. The molecule has 1 atom stereocenters. The summed E-state index contributed by atoms with van der Waals surface area (Å²) in [5.74, 6) is -0.392. The van der Waals surface area contributed by atoms with Gasteiger partial charge in [-0.1, -0.05) is 39.0 Å². The molecular weight excluding hydrogens is 256 g/mol. The molecule has 0 aromatic rings. The zero-order chi connectivity index (χ0) is 14.5. The third-order valence-corrected chi connectivity index (χ3v) is 4.73. The van der Waals surface area contributed by atoms with Crippen molar-refractivity contribution in [2.45, 2.75) is 51.5 Å². The number of piperazine rings is 1. The van der Waals surface area contributed by atoms with E-state index in [2.05, 4.69) is 4.90 Å². The molecule has 1 heterocycles. The fourth-order valence-electron chi connectivity index (χ4n) is 3.43. The quantitative estimate of drug-likeness (QED) is 0.831. The lowest BCUT2D eigenvalue weighted by Gasteiger charge is -2.38. The first-order valence-corrected chi connectivity index (χ1v) is 7.86. The second-order valence-electron chi connectivity index (χ2n) is 6.05. The number of amides is 1. The molecule has 1 N–H and O–H groups in total. The highest BCUT2D eigenvalue weighted by molar-refractivity contribution is 5.85. The van der Waals surface area contributed by atoms with E-state index in [-0.39, 0.29) is 5.91 Å². The van der Waals surface area contributed by atoms with Crippen molar-refractivity contribution in [2.75, 3.05) is 26.2 Å². The van der Waals surface area contributed by atoms with Crippen LogP contribution < -0.4 is 0 Å². The molecule has 2 aliphatic rings. The van der Waals surface area contributed by atoms with Gasteiger partial charge in [-0.3, -0.25) is 9.69 Å². The van der Waals surface area contributed by atoms with E-state index in [9.17, 15) is 14.7 Å². The van der Waals surface area contributed by atoms with Gasteiger partial charge in [-0.05, 0) is 18.9 Å². The SMILES string of the molecule is CCN1CCN(C(CC2CCCCC2)C(=O)O)C(=O)C1. The number of likely N-dealkylation sites (N-methyl/N-ethyl adjacent to an activating group) is 1. The molecule has 0 spiro atoms. The molecule has 0 aromatic heterocycles. The minimum atomic E-state index is -0.839. The van der Waals surface area contributed by atoms with E-state index >= 15 is 0 Å². The first-order chi connectivity index (χ1) is 9.61. The molecule has 1 unspecified atom stereocenters. The number of hydrogen-bond acceptors (Lipinski definition) is 3. The third-order valence-electron chi connectivity index (χ3n) is 4.73. The summed E-state index contributed by atoms with van der Waals surface area (Å²) in [6.45, 7) is 4.58. The summed E-state index contributed by atoms with van der Waals surface area (Å²) in [4.78, 5) is 27.4. The molecule has 0 aromatic carbocycles. The van der Waals surface area contributed by atoms with E-state index in [1.165, 1.54) is 19.3 Å². The van der Waals surface area contributed by atoms with Crippen molar-refractivity contribution in [1.29, 1.82) is 0 Å². The van der Waals surface area contributed by atoms with Crippen molar-refractivity contribution < 1.29 is 14.7 Å². The van der Waals surface area contributed by atoms with Crippen molar-refractivity contribution in [3.05, 3.63) is 0 Å². The van der Waals surface area contributed by atoms with Gasteiger partial charge in [0.05, 0.1) is 6.54 Å². The highest BCUT2D eigenvalue weighted by atomic mass is 16.4. The number of carbonyl (C=O) groups excluding carboxylic acids is 1. The highest BCUT2D eigenvalue weighted by Gasteiger charge is 2.35. The lowest BCUT2D eigenvalue weighted by Crippen LogP contribution is -2.56. The van der Waals surface area contributed by atoms with Gasteiger partial charge in [-0.25, -0.2) is 4.79 Å². The molecule has 1 amide bonds. The lowest BCUT2D eigenvalue weighted by molar-refractivity contribution is -0.154. The molecule has 1 aliphatic heterocycles. The number of aliphatic carboxylic acids is 1. The van der Waals surface area contributed by atoms with Crippen molar-refractivity contribution in [1.82, 2.24) is 9.80 Å². The van der Waals surface area contributed by atoms with E-state index in [1.54, 1.807) is 4.90 Å². The van der Waals surface area contributed by atoms with Gasteiger partial charge >= 0.3 is 5.97 Å². The standard InChI is InChI=1S/C15H26N2O3/c1-2-16-8-9-17(14(18)11-16)13(15(19)20)10-12-6-4-3-5-7-12/h12-13H,2-11H2,1H3,(H,19,20). The second kappa shape index (κ2) is 7.07. The van der Waals surface area contributed by atoms with Crippen LogP contribution in [0, 0.1) is 5.92 Å². The molecule has 20 heavy (non-hydrogen) atoms. The van der Waals surface area contributed by atoms with Gasteiger partial charge in [0.15, 0.2) is 0 Å². The number of rotatable bonds is 5. The Labute approximate surface area is 120 Å². The van der Waals surface area contributed by atoms with Gasteiger partial charge in [0, 0.05) is 13.1 Å². The summed E-state index contributed by atoms with van der Waals surface area (Å²) in [7, 11) is 0. The largest absolute Gasteiger partial charge is 0.480 e. The maximum Gasteiger partial charge on any atom is 0.326 e. The molecule has 114 valence electrons. The fourth-order valence-corrected chi connectivity index (χ4v) is 3.43. The summed E-state index contributed by atoms with van der Waals surface area (Å²) < 4.78 is 0. The maximum atomic E-state index is 12.2. The van der Waals surface area contributed by atoms with Crippen LogP contribution in [0.15, 0.2) is 0 Å². The first kappa shape index (κ1) is 15.3. The highest BCUT2D eigenvalue weighted by Crippen LogP contribution is 2.29. The Balaban J connectivity index is 1.97. The Kier molecular flexibility index (Phi) is 5.40. The maximum absolute atomic E-state index is 12.2. The van der Waals surface area contributed by atoms with Gasteiger partial charge in [0.2, 0.25) is 5.91 Å². The van der Waals surface area contributed by atoms with E-state index in [0.717, 1.165) is 25.9 Å². The molecule has 2 fully saturated rings. The average molecular weight is 282 g/mol. The van der Waals surface area contributed by atoms with Crippen molar-refractivity contribution in [3.8, 4) is 0 Å². The van der Waals surface area contributed by atoms with Crippen LogP contribution in [0.5, 0.6) is 0 Å². The topological polar surface area (TPSA) is 60.9 Å². The Morgan fingerprint density at radius 1 is 1.30 bits per heavy atom. The van der Waals surface area contributed by atoms with E-state index in [1.807, 2.05) is 6.92 Å². The van der Waals surface area contributed by atoms with Crippen LogP contribution in [-0.2, 0) is 9.59 Å². The number of hydrogen-bond donors (Lipinski definition) is 1. The average Bonchev–Trinajstić information content (AvgIpc) is 2.46. The number of nitrogens with zero attached hydrogens (tertiary/aromatic N) is 2. The first-order valence-electron chi connectivity index (χ1n) is 7.86. The molecular formula is C15H26N2O3. The van der Waals surface area contributed by atoms with E-state index in [4.69, 9.17) is 0 Å². The Bertz CT molecular complexity index is 353. The van der Waals surface area contributed by atoms with E-state index in [0.29, 0.717) is 25.4 Å². The normalized spacial score (nSPS) is 23.9. The Morgan fingerprint density at radius 3 is 2.55 bits per heavy atom. The van der Waals surface area contributed by atoms with Gasteiger partial charge in [0.25, 0.3) is 0 Å². The predicted molar refractivity (Wildman–Crippen MR) is 76.4 cm³/mol. The van der Waals surface area contributed by atoms with Crippen molar-refractivity contribution >= 4 is 11.9 Å². The number of carbonyl (C=O) groups is 2. The predicted octanol–water partition coefficient (Wildman–Crippen LogP) is 1.57. The van der Waals surface area contributed by atoms with Crippen LogP contribution in [0.1, 0.15) is 45.4 Å². The van der Waals surface area contributed by atoms with Crippen LogP contribution in [-0.4, -0.2) is 59.0 Å². The summed E-state index contributed by atoms with van der Waals surface area (Å²) in [5, 5.41) is 9.49. The van der Waals surface area contributed by atoms with Crippen LogP contribution >= 0.6 is 0 Å². The minimum absolute atomic E-state index is 0.0266. The van der Waals surface area contributed by atoms with E-state index < -0.39 is 12.0 Å². The van der Waals surface area contributed by atoms with Crippen LogP contribution in [0.3, 0.4) is 0 Å². The molecule has 2 rings (SSSR count). The number of carboxylic acids is 1. The molecule has 1 saturated heterocycles. The fraction of sp³-hybridized carbons (Fsp3) is 0.867. The molecule has 0 radical (unpaired) electrons. The third kappa shape index (κ3) is 3.72. The van der Waals surface area contributed by atoms with Crippen LogP contribution in [0.4, 0.5) is 0 Å². The van der Waals surface area contributed by atoms with Gasteiger partial charge in [-0.15, -0.1) is 0 Å². The van der Waals surface area contributed by atoms with Gasteiger partial charge in [-0.2, -0.15) is 0 Å².